The Balaban J connectivity index is 1.26. The molecule has 0 N–H and O–H groups in total. The van der Waals surface area contributed by atoms with Crippen molar-refractivity contribution in [3.05, 3.63) is 76.8 Å². The second kappa shape index (κ2) is 15.6. The molecule has 0 bridgehead atoms. The lowest BCUT2D eigenvalue weighted by Gasteiger charge is -2.33. The van der Waals surface area contributed by atoms with Crippen molar-refractivity contribution in [2.75, 3.05) is 32.6 Å². The van der Waals surface area contributed by atoms with E-state index in [0.29, 0.717) is 54.8 Å². The Bertz CT molecular complexity index is 1760. The number of aromatic nitrogens is 2. The van der Waals surface area contributed by atoms with Gasteiger partial charge in [-0.25, -0.2) is 4.79 Å². The van der Waals surface area contributed by atoms with Crippen molar-refractivity contribution in [1.82, 2.24) is 13.4 Å². The van der Waals surface area contributed by atoms with Crippen molar-refractivity contribution < 1.29 is 28.3 Å². The van der Waals surface area contributed by atoms with E-state index in [1.54, 1.807) is 22.8 Å². The van der Waals surface area contributed by atoms with E-state index < -0.39 is 16.8 Å². The van der Waals surface area contributed by atoms with Gasteiger partial charge in [0, 0.05) is 91.0 Å². The number of halogens is 1. The number of hydrogen-bond donors (Lipinski definition) is 0. The number of nitrogens with zero attached hydrogens (tertiary/aromatic N) is 3. The largest absolute Gasteiger partial charge is 0.616 e. The van der Waals surface area contributed by atoms with E-state index in [9.17, 15) is 14.1 Å². The molecule has 3 heterocycles. The van der Waals surface area contributed by atoms with Gasteiger partial charge in [0.05, 0.1) is 19.0 Å². The Kier molecular flexibility index (Phi) is 11.8. The number of hydrogen-bond acceptors (Lipinski definition) is 8. The third kappa shape index (κ3) is 9.19. The second-order valence-corrected chi connectivity index (χ2v) is 15.6. The number of rotatable bonds is 11. The molecule has 10 nitrogen and oxygen atoms in total. The molecule has 13 heteroatoms. The number of piperidine rings is 1. The van der Waals surface area contributed by atoms with Gasteiger partial charge in [0.2, 0.25) is 0 Å². The molecule has 1 saturated heterocycles. The molecule has 1 aliphatic rings. The topological polar surface area (TPSA) is 107 Å². The zero-order valence-electron chi connectivity index (χ0n) is 27.2. The van der Waals surface area contributed by atoms with E-state index >= 15 is 0 Å². The maximum absolute atomic E-state index is 13.1. The summed E-state index contributed by atoms with van der Waals surface area (Å²) in [7, 11) is 3.17. The molecule has 1 fully saturated rings. The highest BCUT2D eigenvalue weighted by Crippen LogP contribution is 2.39. The summed E-state index contributed by atoms with van der Waals surface area (Å²) in [5.41, 5.74) is 2.53. The van der Waals surface area contributed by atoms with Gasteiger partial charge in [-0.3, -0.25) is 8.77 Å². The Morgan fingerprint density at radius 3 is 2.51 bits per heavy atom. The monoisotopic (exact) mass is 793 g/mol. The molecule has 252 valence electrons. The number of aryl methyl sites for hydroxylation is 1. The molecule has 1 atom stereocenters. The summed E-state index contributed by atoms with van der Waals surface area (Å²) in [6, 6.07) is 15.2. The van der Waals surface area contributed by atoms with Crippen LogP contribution >= 0.6 is 30.3 Å². The Labute approximate surface area is 294 Å². The molecular weight excluding hydrogens is 753 g/mol. The van der Waals surface area contributed by atoms with Crippen LogP contribution < -0.4 is 15.0 Å². The summed E-state index contributed by atoms with van der Waals surface area (Å²) >= 11 is 1.13. The normalized spacial score (nSPS) is 14.7. The van der Waals surface area contributed by atoms with Gasteiger partial charge >= 0.3 is 6.09 Å². The fourth-order valence-corrected chi connectivity index (χ4v) is 7.45. The van der Waals surface area contributed by atoms with Crippen LogP contribution in [0.5, 0.6) is 17.2 Å². The number of ether oxygens (including phenoxy) is 4. The molecule has 0 spiro atoms. The molecular formula is C34H40IN3O7S2. The van der Waals surface area contributed by atoms with Gasteiger partial charge in [0.25, 0.3) is 5.56 Å². The summed E-state index contributed by atoms with van der Waals surface area (Å²) in [5.74, 6) is 2.24. The van der Waals surface area contributed by atoms with Gasteiger partial charge < -0.3 is 33.0 Å². The van der Waals surface area contributed by atoms with Gasteiger partial charge in [-0.15, -0.1) is 0 Å². The number of likely N-dealkylation sites (tertiary alicyclic amines) is 1. The molecule has 1 unspecified atom stereocenters. The van der Waals surface area contributed by atoms with E-state index in [-0.39, 0.29) is 17.8 Å². The molecule has 0 radical (unpaired) electrons. The number of fused-ring (bicyclic) bond motifs is 1. The van der Waals surface area contributed by atoms with Crippen LogP contribution in [0.1, 0.15) is 39.2 Å². The van der Waals surface area contributed by atoms with Crippen LogP contribution in [0.25, 0.3) is 22.0 Å². The quantitative estimate of drug-likeness (QED) is 0.0884. The minimum atomic E-state index is -1.03. The van der Waals surface area contributed by atoms with Crippen LogP contribution in [0.3, 0.4) is 0 Å². The van der Waals surface area contributed by atoms with Crippen LogP contribution in [0.4, 0.5) is 4.79 Å². The molecule has 0 aliphatic carbocycles. The minimum Gasteiger partial charge on any atom is -0.616 e. The standard InChI is InChI=1S/C34H40IN3O7S2/c1-34(2,3)45-33(40)37-14-11-24(12-15-37)42-17-18-43-25-7-6-8-26(20-25)44-30-10-9-23(22-47(5)41)19-28(30)29-21-36(4)32(39)31-27(29)13-16-38(31)46-35/h6-10,13,16,19-21,24H,11-12,14-15,17-18,22H2,1-5H3. The molecule has 2 aromatic heterocycles. The molecule has 1 amide bonds. The Morgan fingerprint density at radius 1 is 1.06 bits per heavy atom. The molecule has 47 heavy (non-hydrogen) atoms. The highest BCUT2D eigenvalue weighted by Gasteiger charge is 2.27. The van der Waals surface area contributed by atoms with Crippen molar-refractivity contribution >= 4 is 58.5 Å². The van der Waals surface area contributed by atoms with Crippen molar-refractivity contribution in [3.8, 4) is 28.4 Å². The summed E-state index contributed by atoms with van der Waals surface area (Å²) < 4.78 is 39.5. The van der Waals surface area contributed by atoms with E-state index in [2.05, 4.69) is 21.2 Å². The van der Waals surface area contributed by atoms with Crippen molar-refractivity contribution in [2.45, 2.75) is 51.1 Å². The summed E-state index contributed by atoms with van der Waals surface area (Å²) in [6.45, 7) is 7.60. The van der Waals surface area contributed by atoms with Crippen molar-refractivity contribution in [1.29, 1.82) is 0 Å². The molecule has 5 rings (SSSR count). The first-order valence-corrected chi connectivity index (χ1v) is 20.4. The van der Waals surface area contributed by atoms with Crippen LogP contribution in [-0.2, 0) is 33.5 Å². The zero-order chi connectivity index (χ0) is 33.7. The Hall–Kier alpha value is -2.85. The number of amides is 1. The number of pyridine rings is 1. The van der Waals surface area contributed by atoms with Crippen molar-refractivity contribution in [2.24, 2.45) is 7.05 Å². The summed E-state index contributed by atoms with van der Waals surface area (Å²) in [5, 5.41) is 0.810. The summed E-state index contributed by atoms with van der Waals surface area (Å²) in [6.07, 6.45) is 6.67. The lowest BCUT2D eigenvalue weighted by molar-refractivity contribution is -0.0177. The first-order chi connectivity index (χ1) is 22.4. The van der Waals surface area contributed by atoms with E-state index in [4.69, 9.17) is 18.9 Å². The first kappa shape index (κ1) is 35.5. The maximum atomic E-state index is 13.1. The van der Waals surface area contributed by atoms with Gasteiger partial charge in [-0.05, 0) is 63.9 Å². The van der Waals surface area contributed by atoms with E-state index in [0.717, 1.165) is 34.9 Å². The van der Waals surface area contributed by atoms with E-state index in [1.165, 1.54) is 9.12 Å². The SMILES string of the molecule is Cn1cc(-c2cc(C[S+](C)[O-])ccc2Oc2cccc(OCCOC3CCN(C(=O)OC(C)(C)C)CC3)c2)c2ccn(SI)c2c1=O. The van der Waals surface area contributed by atoms with Crippen LogP contribution in [0.2, 0.25) is 0 Å². The smallest absolute Gasteiger partial charge is 0.410 e. The first-order valence-electron chi connectivity index (χ1n) is 15.3. The molecule has 2 aromatic carbocycles. The molecule has 4 aromatic rings. The lowest BCUT2D eigenvalue weighted by atomic mass is 10.0. The predicted octanol–water partition coefficient (Wildman–Crippen LogP) is 7.32. The fourth-order valence-electron chi connectivity index (χ4n) is 5.46. The van der Waals surface area contributed by atoms with Crippen molar-refractivity contribution in [3.63, 3.8) is 0 Å². The zero-order valence-corrected chi connectivity index (χ0v) is 31.0. The van der Waals surface area contributed by atoms with Gasteiger partial charge in [0.15, 0.2) is 0 Å². The van der Waals surface area contributed by atoms with Crippen LogP contribution in [-0.4, -0.2) is 68.3 Å². The highest BCUT2D eigenvalue weighted by molar-refractivity contribution is 14.2. The number of benzene rings is 2. The van der Waals surface area contributed by atoms with Gasteiger partial charge in [-0.1, -0.05) is 23.3 Å². The third-order valence-corrected chi connectivity index (χ3v) is 10.1. The molecule has 1 aliphatic heterocycles. The Morgan fingerprint density at radius 2 is 1.81 bits per heavy atom. The maximum Gasteiger partial charge on any atom is 0.410 e. The van der Waals surface area contributed by atoms with Crippen LogP contribution in [0, 0.1) is 0 Å². The second-order valence-electron chi connectivity index (χ2n) is 12.4. The number of carbonyl (C=O) groups excluding carboxylic acids is 1. The average molecular weight is 794 g/mol. The minimum absolute atomic E-state index is 0.0646. The average Bonchev–Trinajstić information content (AvgIpc) is 3.46. The highest BCUT2D eigenvalue weighted by atomic mass is 127. The van der Waals surface area contributed by atoms with Gasteiger partial charge in [-0.2, -0.15) is 0 Å². The van der Waals surface area contributed by atoms with Gasteiger partial charge in [0.1, 0.15) is 40.7 Å². The predicted molar refractivity (Wildman–Crippen MR) is 196 cm³/mol. The molecule has 0 saturated carbocycles. The van der Waals surface area contributed by atoms with Crippen LogP contribution in [0.15, 0.2) is 65.7 Å². The lowest BCUT2D eigenvalue weighted by Crippen LogP contribution is -2.43. The van der Waals surface area contributed by atoms with E-state index in [1.807, 2.05) is 85.7 Å². The third-order valence-electron chi connectivity index (χ3n) is 7.60. The fraction of sp³-hybridized carbons (Fsp3) is 0.412. The summed E-state index contributed by atoms with van der Waals surface area (Å²) in [4.78, 5) is 27.1. The number of carbonyl (C=O) groups is 1.